The number of rotatable bonds is 2. The first-order valence-corrected chi connectivity index (χ1v) is 5.21. The summed E-state index contributed by atoms with van der Waals surface area (Å²) in [5.74, 6) is 0. The molecule has 0 fully saturated rings. The van der Waals surface area contributed by atoms with Gasteiger partial charge in [0, 0.05) is 12.6 Å². The topological polar surface area (TPSA) is 28.7 Å². The number of aromatic nitrogens is 2. The maximum atomic E-state index is 3.97. The summed E-state index contributed by atoms with van der Waals surface area (Å²) in [6.45, 7) is 6.49. The summed E-state index contributed by atoms with van der Waals surface area (Å²) in [5.41, 5.74) is 6.73. The molecule has 0 saturated heterocycles. The predicted octanol–water partition coefficient (Wildman–Crippen LogP) is 2.93. The van der Waals surface area contributed by atoms with Gasteiger partial charge < -0.3 is 0 Å². The molecule has 0 unspecified atom stereocenters. The van der Waals surface area contributed by atoms with Crippen LogP contribution < -0.4 is 0 Å². The molecule has 0 aliphatic carbocycles. The van der Waals surface area contributed by atoms with Gasteiger partial charge in [-0.1, -0.05) is 17.7 Å². The van der Waals surface area contributed by atoms with Crippen LogP contribution in [0.4, 0.5) is 0 Å². The van der Waals surface area contributed by atoms with Crippen molar-refractivity contribution in [2.24, 2.45) is 0 Å². The Balaban J connectivity index is 2.36. The van der Waals surface area contributed by atoms with Gasteiger partial charge in [0.05, 0.1) is 6.20 Å². The van der Waals surface area contributed by atoms with Crippen LogP contribution in [-0.4, -0.2) is 10.2 Å². The fourth-order valence-corrected chi connectivity index (χ4v) is 2.07. The van der Waals surface area contributed by atoms with Gasteiger partial charge in [-0.15, -0.1) is 0 Å². The standard InChI is InChI=1S/C13H16N2/c1-9-4-10(2)13(11(3)5-9)6-12-7-14-15-8-12/h4-5,7-8H,6H2,1-3H3,(H,14,15). The highest BCUT2D eigenvalue weighted by molar-refractivity contribution is 5.39. The molecule has 1 heterocycles. The molecular formula is C13H16N2. The zero-order chi connectivity index (χ0) is 10.8. The highest BCUT2D eigenvalue weighted by Gasteiger charge is 2.05. The van der Waals surface area contributed by atoms with E-state index in [-0.39, 0.29) is 0 Å². The molecule has 0 aliphatic rings. The van der Waals surface area contributed by atoms with Crippen molar-refractivity contribution in [3.05, 3.63) is 52.3 Å². The van der Waals surface area contributed by atoms with E-state index in [1.54, 1.807) is 0 Å². The van der Waals surface area contributed by atoms with Crippen molar-refractivity contribution < 1.29 is 0 Å². The average molecular weight is 200 g/mol. The van der Waals surface area contributed by atoms with Gasteiger partial charge in [0.25, 0.3) is 0 Å². The molecule has 1 aromatic heterocycles. The Morgan fingerprint density at radius 3 is 2.33 bits per heavy atom. The van der Waals surface area contributed by atoms with Crippen molar-refractivity contribution in [3.63, 3.8) is 0 Å². The summed E-state index contributed by atoms with van der Waals surface area (Å²) in [4.78, 5) is 0. The van der Waals surface area contributed by atoms with E-state index >= 15 is 0 Å². The molecule has 1 N–H and O–H groups in total. The van der Waals surface area contributed by atoms with Crippen molar-refractivity contribution in [3.8, 4) is 0 Å². The number of H-pyrrole nitrogens is 1. The van der Waals surface area contributed by atoms with Gasteiger partial charge >= 0.3 is 0 Å². The minimum atomic E-state index is 0.967. The lowest BCUT2D eigenvalue weighted by atomic mass is 9.95. The third-order valence-electron chi connectivity index (χ3n) is 2.78. The quantitative estimate of drug-likeness (QED) is 0.793. The van der Waals surface area contributed by atoms with E-state index in [0.29, 0.717) is 0 Å². The van der Waals surface area contributed by atoms with Gasteiger partial charge in [-0.05, 0) is 43.0 Å². The van der Waals surface area contributed by atoms with Crippen LogP contribution in [0.5, 0.6) is 0 Å². The van der Waals surface area contributed by atoms with Crippen LogP contribution in [0.1, 0.15) is 27.8 Å². The third-order valence-corrected chi connectivity index (χ3v) is 2.78. The Bertz CT molecular complexity index is 432. The zero-order valence-corrected chi connectivity index (χ0v) is 9.46. The van der Waals surface area contributed by atoms with Gasteiger partial charge in [-0.2, -0.15) is 5.10 Å². The van der Waals surface area contributed by atoms with Crippen LogP contribution >= 0.6 is 0 Å². The number of hydrogen-bond donors (Lipinski definition) is 1. The van der Waals surface area contributed by atoms with Crippen molar-refractivity contribution in [1.29, 1.82) is 0 Å². The second-order valence-corrected chi connectivity index (χ2v) is 4.16. The molecule has 0 amide bonds. The molecule has 2 heteroatoms. The first kappa shape index (κ1) is 9.97. The summed E-state index contributed by atoms with van der Waals surface area (Å²) in [5, 5.41) is 6.82. The number of benzene rings is 1. The molecule has 0 radical (unpaired) electrons. The summed E-state index contributed by atoms with van der Waals surface area (Å²) in [6, 6.07) is 4.48. The van der Waals surface area contributed by atoms with Gasteiger partial charge in [-0.25, -0.2) is 0 Å². The number of aromatic amines is 1. The second kappa shape index (κ2) is 3.89. The Labute approximate surface area is 90.3 Å². The van der Waals surface area contributed by atoms with Crippen molar-refractivity contribution in [1.82, 2.24) is 10.2 Å². The van der Waals surface area contributed by atoms with Crippen molar-refractivity contribution >= 4 is 0 Å². The summed E-state index contributed by atoms with van der Waals surface area (Å²) < 4.78 is 0. The Kier molecular flexibility index (Phi) is 2.58. The monoisotopic (exact) mass is 200 g/mol. The Hall–Kier alpha value is -1.57. The first-order valence-electron chi connectivity index (χ1n) is 5.21. The van der Waals surface area contributed by atoms with E-state index in [9.17, 15) is 0 Å². The first-order chi connectivity index (χ1) is 7.16. The van der Waals surface area contributed by atoms with Crippen LogP contribution in [0.15, 0.2) is 24.5 Å². The minimum Gasteiger partial charge on any atom is -0.285 e. The third kappa shape index (κ3) is 2.09. The summed E-state index contributed by atoms with van der Waals surface area (Å²) in [6.07, 6.45) is 4.81. The van der Waals surface area contributed by atoms with E-state index in [1.165, 1.54) is 27.8 Å². The molecule has 2 nitrogen and oxygen atoms in total. The van der Waals surface area contributed by atoms with Gasteiger partial charge in [-0.3, -0.25) is 5.10 Å². The fraction of sp³-hybridized carbons (Fsp3) is 0.308. The highest BCUT2D eigenvalue weighted by atomic mass is 15.1. The lowest BCUT2D eigenvalue weighted by Gasteiger charge is -2.10. The maximum absolute atomic E-state index is 3.97. The van der Waals surface area contributed by atoms with E-state index < -0.39 is 0 Å². The second-order valence-electron chi connectivity index (χ2n) is 4.16. The number of nitrogens with zero attached hydrogens (tertiary/aromatic N) is 1. The molecule has 0 bridgehead atoms. The van der Waals surface area contributed by atoms with E-state index in [4.69, 9.17) is 0 Å². The zero-order valence-electron chi connectivity index (χ0n) is 9.46. The SMILES string of the molecule is Cc1cc(C)c(Cc2cn[nH]c2)c(C)c1. The lowest BCUT2D eigenvalue weighted by Crippen LogP contribution is -1.95. The largest absolute Gasteiger partial charge is 0.285 e. The summed E-state index contributed by atoms with van der Waals surface area (Å²) >= 11 is 0. The van der Waals surface area contributed by atoms with E-state index in [2.05, 4.69) is 43.1 Å². The van der Waals surface area contributed by atoms with Gasteiger partial charge in [0.2, 0.25) is 0 Å². The summed E-state index contributed by atoms with van der Waals surface area (Å²) in [7, 11) is 0. The van der Waals surface area contributed by atoms with Crippen LogP contribution in [-0.2, 0) is 6.42 Å². The predicted molar refractivity (Wildman–Crippen MR) is 62.0 cm³/mol. The number of aryl methyl sites for hydroxylation is 3. The van der Waals surface area contributed by atoms with Crippen molar-refractivity contribution in [2.75, 3.05) is 0 Å². The van der Waals surface area contributed by atoms with Crippen LogP contribution in [0.3, 0.4) is 0 Å². The molecule has 0 aliphatic heterocycles. The Morgan fingerprint density at radius 1 is 1.13 bits per heavy atom. The molecule has 2 rings (SSSR count). The van der Waals surface area contributed by atoms with Crippen LogP contribution in [0, 0.1) is 20.8 Å². The number of hydrogen-bond acceptors (Lipinski definition) is 1. The molecule has 0 atom stereocenters. The lowest BCUT2D eigenvalue weighted by molar-refractivity contribution is 1.09. The Morgan fingerprint density at radius 2 is 1.80 bits per heavy atom. The highest BCUT2D eigenvalue weighted by Crippen LogP contribution is 2.19. The van der Waals surface area contributed by atoms with Crippen molar-refractivity contribution in [2.45, 2.75) is 27.2 Å². The molecule has 0 saturated carbocycles. The smallest absolute Gasteiger partial charge is 0.0522 e. The molecular weight excluding hydrogens is 184 g/mol. The number of nitrogens with one attached hydrogen (secondary N) is 1. The van der Waals surface area contributed by atoms with Gasteiger partial charge in [0.15, 0.2) is 0 Å². The fourth-order valence-electron chi connectivity index (χ4n) is 2.07. The maximum Gasteiger partial charge on any atom is 0.0522 e. The van der Waals surface area contributed by atoms with E-state index in [1.807, 2.05) is 12.4 Å². The molecule has 2 aromatic rings. The van der Waals surface area contributed by atoms with Crippen LogP contribution in [0.25, 0.3) is 0 Å². The van der Waals surface area contributed by atoms with E-state index in [0.717, 1.165) is 6.42 Å². The molecule has 78 valence electrons. The molecule has 0 spiro atoms. The molecule has 1 aromatic carbocycles. The average Bonchev–Trinajstić information content (AvgIpc) is 2.63. The normalized spacial score (nSPS) is 10.6. The van der Waals surface area contributed by atoms with Gasteiger partial charge in [0.1, 0.15) is 0 Å². The molecule has 15 heavy (non-hydrogen) atoms. The minimum absolute atomic E-state index is 0.967. The van der Waals surface area contributed by atoms with Crippen LogP contribution in [0.2, 0.25) is 0 Å².